The molecule has 1 N–H and O–H groups in total. The van der Waals surface area contributed by atoms with Gasteiger partial charge in [0.1, 0.15) is 11.3 Å². The number of fused-ring (bicyclic) bond motifs is 1. The molecule has 0 bridgehead atoms. The van der Waals surface area contributed by atoms with Gasteiger partial charge in [-0.2, -0.15) is 0 Å². The molecule has 1 aliphatic rings. The Morgan fingerprint density at radius 2 is 2.07 bits per heavy atom. The topological polar surface area (TPSA) is 71.6 Å². The summed E-state index contributed by atoms with van der Waals surface area (Å²) in [6.45, 7) is 3.47. The molecule has 1 atom stereocenters. The number of carbonyl (C=O) groups excluding carboxylic acids is 1. The Morgan fingerprint density at radius 3 is 2.86 bits per heavy atom. The fourth-order valence-electron chi connectivity index (χ4n) is 4.39. The van der Waals surface area contributed by atoms with Crippen molar-refractivity contribution in [2.75, 3.05) is 13.6 Å². The van der Waals surface area contributed by atoms with Gasteiger partial charge in [0.15, 0.2) is 0 Å². The van der Waals surface area contributed by atoms with Crippen LogP contribution in [0.4, 0.5) is 0 Å². The van der Waals surface area contributed by atoms with E-state index in [-0.39, 0.29) is 17.5 Å². The van der Waals surface area contributed by atoms with Crippen molar-refractivity contribution < 1.29 is 4.79 Å². The number of aryl methyl sites for hydroxylation is 1. The van der Waals surface area contributed by atoms with Crippen LogP contribution in [0.2, 0.25) is 0 Å². The number of piperidine rings is 1. The van der Waals surface area contributed by atoms with E-state index < -0.39 is 0 Å². The first-order valence-corrected chi connectivity index (χ1v) is 10.1. The molecule has 1 fully saturated rings. The normalized spacial score (nSPS) is 17.6. The molecule has 29 heavy (non-hydrogen) atoms. The summed E-state index contributed by atoms with van der Waals surface area (Å²) in [4.78, 5) is 31.8. The number of amides is 1. The lowest BCUT2D eigenvalue weighted by molar-refractivity contribution is 0.0952. The maximum atomic E-state index is 12.6. The third-order valence-electron chi connectivity index (χ3n) is 5.87. The van der Waals surface area contributed by atoms with E-state index in [1.165, 1.54) is 0 Å². The van der Waals surface area contributed by atoms with E-state index in [0.29, 0.717) is 17.9 Å². The zero-order chi connectivity index (χ0) is 20.5. The quantitative estimate of drug-likeness (QED) is 0.739. The Bertz CT molecular complexity index is 1110. The largest absolute Gasteiger partial charge is 0.354 e. The summed E-state index contributed by atoms with van der Waals surface area (Å²) in [7, 11) is 3.59. The molecule has 1 unspecified atom stereocenters. The smallest absolute Gasteiger partial charge is 0.267 e. The summed E-state index contributed by atoms with van der Waals surface area (Å²) in [6, 6.07) is 11.5. The molecular weight excluding hydrogens is 366 g/mol. The highest BCUT2D eigenvalue weighted by molar-refractivity contribution is 5.92. The van der Waals surface area contributed by atoms with Crippen molar-refractivity contribution in [3.63, 3.8) is 0 Å². The second-order valence-electron chi connectivity index (χ2n) is 7.71. The molecule has 7 nitrogen and oxygen atoms in total. The van der Waals surface area contributed by atoms with Crippen molar-refractivity contribution in [3.8, 4) is 0 Å². The summed E-state index contributed by atoms with van der Waals surface area (Å²) >= 11 is 0. The van der Waals surface area contributed by atoms with E-state index in [4.69, 9.17) is 4.98 Å². The lowest BCUT2D eigenvalue weighted by Gasteiger charge is -2.36. The number of carbonyl (C=O) groups is 1. The SMILES string of the molecule is CNC(=O)c1ccc(C2CCCCN2Cc2cc(=O)n3c(C)cccc3n2)n1C. The van der Waals surface area contributed by atoms with Crippen LogP contribution in [0, 0.1) is 6.92 Å². The van der Waals surface area contributed by atoms with Crippen molar-refractivity contribution >= 4 is 11.6 Å². The second-order valence-corrected chi connectivity index (χ2v) is 7.71. The van der Waals surface area contributed by atoms with Crippen molar-refractivity contribution in [3.05, 3.63) is 69.5 Å². The van der Waals surface area contributed by atoms with Crippen LogP contribution in [0.3, 0.4) is 0 Å². The van der Waals surface area contributed by atoms with Gasteiger partial charge < -0.3 is 9.88 Å². The molecule has 1 saturated heterocycles. The molecule has 0 spiro atoms. The van der Waals surface area contributed by atoms with E-state index in [1.807, 2.05) is 48.9 Å². The van der Waals surface area contributed by atoms with Gasteiger partial charge in [-0.15, -0.1) is 0 Å². The molecule has 7 heteroatoms. The van der Waals surface area contributed by atoms with Gasteiger partial charge >= 0.3 is 0 Å². The van der Waals surface area contributed by atoms with Crippen LogP contribution in [0.5, 0.6) is 0 Å². The Balaban J connectivity index is 1.66. The van der Waals surface area contributed by atoms with E-state index in [9.17, 15) is 9.59 Å². The Hall–Kier alpha value is -2.93. The molecular formula is C22H27N5O2. The van der Waals surface area contributed by atoms with Crippen LogP contribution in [0.1, 0.15) is 52.9 Å². The fraction of sp³-hybridized carbons (Fsp3) is 0.409. The minimum absolute atomic E-state index is 0.0440. The average molecular weight is 393 g/mol. The van der Waals surface area contributed by atoms with Gasteiger partial charge in [0.05, 0.1) is 11.7 Å². The number of hydrogen-bond donors (Lipinski definition) is 1. The van der Waals surface area contributed by atoms with Crippen LogP contribution in [-0.2, 0) is 13.6 Å². The summed E-state index contributed by atoms with van der Waals surface area (Å²) in [6.07, 6.45) is 3.29. The van der Waals surface area contributed by atoms with E-state index in [0.717, 1.165) is 42.9 Å². The molecule has 3 aromatic rings. The number of rotatable bonds is 4. The number of nitrogens with one attached hydrogen (secondary N) is 1. The number of aromatic nitrogens is 3. The molecule has 1 aliphatic heterocycles. The number of pyridine rings is 1. The Labute approximate surface area is 170 Å². The van der Waals surface area contributed by atoms with Crippen molar-refractivity contribution in [2.45, 2.75) is 38.8 Å². The molecule has 0 aliphatic carbocycles. The van der Waals surface area contributed by atoms with Gasteiger partial charge in [-0.25, -0.2) is 4.98 Å². The molecule has 0 saturated carbocycles. The van der Waals surface area contributed by atoms with Crippen LogP contribution in [0.15, 0.2) is 41.2 Å². The Morgan fingerprint density at radius 1 is 1.24 bits per heavy atom. The molecule has 0 aromatic carbocycles. The third-order valence-corrected chi connectivity index (χ3v) is 5.87. The van der Waals surface area contributed by atoms with E-state index in [1.54, 1.807) is 17.5 Å². The highest BCUT2D eigenvalue weighted by Crippen LogP contribution is 2.32. The molecule has 1 amide bonds. The van der Waals surface area contributed by atoms with Gasteiger partial charge in [-0.1, -0.05) is 12.5 Å². The zero-order valence-electron chi connectivity index (χ0n) is 17.2. The second kappa shape index (κ2) is 7.83. The monoisotopic (exact) mass is 393 g/mol. The molecule has 4 rings (SSSR count). The third kappa shape index (κ3) is 3.58. The maximum absolute atomic E-state index is 12.6. The first kappa shape index (κ1) is 19.4. The number of hydrogen-bond acceptors (Lipinski definition) is 4. The predicted octanol–water partition coefficient (Wildman–Crippen LogP) is 2.43. The average Bonchev–Trinajstić information content (AvgIpc) is 3.09. The van der Waals surface area contributed by atoms with Gasteiger partial charge in [0.2, 0.25) is 0 Å². The van der Waals surface area contributed by atoms with E-state index >= 15 is 0 Å². The standard InChI is InChI=1S/C22H27N5O2/c1-15-7-6-9-20-24-16(13-21(28)27(15)20)14-26-12-5-4-8-18(26)17-10-11-19(25(17)3)22(29)23-2/h6-7,9-11,13,18H,4-5,8,12,14H2,1-3H3,(H,23,29). The molecule has 4 heterocycles. The van der Waals surface area contributed by atoms with Gasteiger partial charge in [-0.05, 0) is 50.6 Å². The fourth-order valence-corrected chi connectivity index (χ4v) is 4.39. The van der Waals surface area contributed by atoms with Crippen molar-refractivity contribution in [1.29, 1.82) is 0 Å². The first-order chi connectivity index (χ1) is 14.0. The first-order valence-electron chi connectivity index (χ1n) is 10.1. The summed E-state index contributed by atoms with van der Waals surface area (Å²) in [5.41, 5.74) is 4.09. The van der Waals surface area contributed by atoms with Gasteiger partial charge in [0.25, 0.3) is 11.5 Å². The minimum atomic E-state index is -0.0827. The number of nitrogens with zero attached hydrogens (tertiary/aromatic N) is 4. The van der Waals surface area contributed by atoms with Crippen molar-refractivity contribution in [1.82, 2.24) is 24.2 Å². The molecule has 3 aromatic heterocycles. The van der Waals surface area contributed by atoms with Crippen LogP contribution >= 0.6 is 0 Å². The highest BCUT2D eigenvalue weighted by Gasteiger charge is 2.27. The highest BCUT2D eigenvalue weighted by atomic mass is 16.2. The van der Waals surface area contributed by atoms with E-state index in [2.05, 4.69) is 10.2 Å². The number of likely N-dealkylation sites (tertiary alicyclic amines) is 1. The predicted molar refractivity (Wildman–Crippen MR) is 112 cm³/mol. The van der Waals surface area contributed by atoms with Crippen molar-refractivity contribution in [2.24, 2.45) is 7.05 Å². The Kier molecular flexibility index (Phi) is 5.24. The summed E-state index contributed by atoms with van der Waals surface area (Å²) < 4.78 is 3.62. The van der Waals surface area contributed by atoms with Crippen LogP contribution < -0.4 is 10.9 Å². The lowest BCUT2D eigenvalue weighted by Crippen LogP contribution is -2.35. The lowest BCUT2D eigenvalue weighted by atomic mass is 9.99. The maximum Gasteiger partial charge on any atom is 0.267 e. The molecule has 152 valence electrons. The molecule has 0 radical (unpaired) electrons. The van der Waals surface area contributed by atoms with Crippen LogP contribution in [0.25, 0.3) is 5.65 Å². The van der Waals surface area contributed by atoms with Crippen LogP contribution in [-0.4, -0.2) is 38.4 Å². The van der Waals surface area contributed by atoms with Gasteiger partial charge in [-0.3, -0.25) is 18.9 Å². The summed E-state index contributed by atoms with van der Waals surface area (Å²) in [5, 5.41) is 2.70. The summed E-state index contributed by atoms with van der Waals surface area (Å²) in [5.74, 6) is -0.0827. The minimum Gasteiger partial charge on any atom is -0.354 e. The zero-order valence-corrected chi connectivity index (χ0v) is 17.2. The van der Waals surface area contributed by atoms with Gasteiger partial charge in [0, 0.05) is 38.1 Å².